The summed E-state index contributed by atoms with van der Waals surface area (Å²) >= 11 is 13.2. The van der Waals surface area contributed by atoms with Gasteiger partial charge in [-0.05, 0) is 50.2 Å². The molecule has 1 unspecified atom stereocenters. The van der Waals surface area contributed by atoms with Crippen LogP contribution in [0.1, 0.15) is 54.6 Å². The van der Waals surface area contributed by atoms with Crippen LogP contribution in [-0.4, -0.2) is 53.8 Å². The molecule has 31 heavy (non-hydrogen) atoms. The number of carbonyl (C=O) groups excluding carboxylic acids is 1. The highest BCUT2D eigenvalue weighted by Crippen LogP contribution is 2.48. The summed E-state index contributed by atoms with van der Waals surface area (Å²) in [6.07, 6.45) is 7.72. The smallest absolute Gasteiger partial charge is 0.254 e. The SMILES string of the molecule is CNC(=O)c1cnn(C2CCC(C(C)(c3cccc(Cl)c3Cl)N3CCNCC3)CC2)c1. The predicted molar refractivity (Wildman–Crippen MR) is 125 cm³/mol. The number of nitrogens with zero attached hydrogens (tertiary/aromatic N) is 3. The van der Waals surface area contributed by atoms with Crippen LogP contribution < -0.4 is 10.6 Å². The van der Waals surface area contributed by atoms with Crippen molar-refractivity contribution in [3.8, 4) is 0 Å². The molecule has 8 heteroatoms. The Morgan fingerprint density at radius 2 is 1.90 bits per heavy atom. The minimum Gasteiger partial charge on any atom is -0.355 e. The van der Waals surface area contributed by atoms with E-state index in [0.29, 0.717) is 27.6 Å². The lowest BCUT2D eigenvalue weighted by atomic mass is 9.69. The summed E-state index contributed by atoms with van der Waals surface area (Å²) in [5, 5.41) is 11.9. The van der Waals surface area contributed by atoms with Crippen LogP contribution in [0.15, 0.2) is 30.6 Å². The zero-order valence-corrected chi connectivity index (χ0v) is 19.7. The Balaban J connectivity index is 1.57. The van der Waals surface area contributed by atoms with Gasteiger partial charge in [0, 0.05) is 45.0 Å². The molecule has 1 saturated heterocycles. The van der Waals surface area contributed by atoms with Gasteiger partial charge in [-0.15, -0.1) is 0 Å². The highest BCUT2D eigenvalue weighted by atomic mass is 35.5. The van der Waals surface area contributed by atoms with Crippen molar-refractivity contribution < 1.29 is 4.79 Å². The second kappa shape index (κ2) is 9.49. The van der Waals surface area contributed by atoms with E-state index in [2.05, 4.69) is 33.6 Å². The summed E-state index contributed by atoms with van der Waals surface area (Å²) in [6, 6.07) is 6.34. The Hall–Kier alpha value is -1.60. The maximum absolute atomic E-state index is 11.9. The number of aromatic nitrogens is 2. The van der Waals surface area contributed by atoms with Crippen molar-refractivity contribution in [1.82, 2.24) is 25.3 Å². The Morgan fingerprint density at radius 1 is 1.19 bits per heavy atom. The first-order valence-corrected chi connectivity index (χ1v) is 11.9. The Bertz CT molecular complexity index is 918. The van der Waals surface area contributed by atoms with Crippen LogP contribution in [0.2, 0.25) is 10.0 Å². The first-order chi connectivity index (χ1) is 14.9. The Labute approximate surface area is 194 Å². The Kier molecular flexibility index (Phi) is 6.92. The molecule has 2 N–H and O–H groups in total. The van der Waals surface area contributed by atoms with E-state index in [-0.39, 0.29) is 11.4 Å². The van der Waals surface area contributed by atoms with Crippen LogP contribution in [0.25, 0.3) is 0 Å². The molecule has 1 atom stereocenters. The molecule has 1 saturated carbocycles. The minimum atomic E-state index is -0.174. The first-order valence-electron chi connectivity index (χ1n) is 11.1. The summed E-state index contributed by atoms with van der Waals surface area (Å²) in [7, 11) is 1.64. The predicted octanol–water partition coefficient (Wildman–Crippen LogP) is 4.10. The number of rotatable bonds is 5. The highest BCUT2D eigenvalue weighted by molar-refractivity contribution is 6.42. The zero-order valence-electron chi connectivity index (χ0n) is 18.2. The van der Waals surface area contributed by atoms with Crippen LogP contribution in [0.3, 0.4) is 0 Å². The van der Waals surface area contributed by atoms with E-state index in [9.17, 15) is 4.79 Å². The van der Waals surface area contributed by atoms with Gasteiger partial charge < -0.3 is 10.6 Å². The average Bonchev–Trinajstić information content (AvgIpc) is 3.31. The summed E-state index contributed by atoms with van der Waals surface area (Å²) in [5.41, 5.74) is 1.57. The van der Waals surface area contributed by atoms with Gasteiger partial charge in [0.1, 0.15) is 0 Å². The molecule has 2 heterocycles. The fourth-order valence-electron chi connectivity index (χ4n) is 5.37. The van der Waals surface area contributed by atoms with Crippen molar-refractivity contribution in [2.24, 2.45) is 5.92 Å². The quantitative estimate of drug-likeness (QED) is 0.700. The number of hydrogen-bond acceptors (Lipinski definition) is 4. The minimum absolute atomic E-state index is 0.0955. The molecule has 0 spiro atoms. The number of hydrogen-bond donors (Lipinski definition) is 2. The number of piperazine rings is 1. The van der Waals surface area contributed by atoms with Crippen molar-refractivity contribution in [2.75, 3.05) is 33.2 Å². The van der Waals surface area contributed by atoms with Crippen molar-refractivity contribution in [2.45, 2.75) is 44.2 Å². The van der Waals surface area contributed by atoms with Gasteiger partial charge in [-0.25, -0.2) is 0 Å². The van der Waals surface area contributed by atoms with Crippen LogP contribution >= 0.6 is 23.2 Å². The van der Waals surface area contributed by atoms with E-state index in [4.69, 9.17) is 23.2 Å². The van der Waals surface area contributed by atoms with E-state index in [1.807, 2.05) is 23.0 Å². The van der Waals surface area contributed by atoms with E-state index in [1.54, 1.807) is 13.2 Å². The fraction of sp³-hybridized carbons (Fsp3) is 0.565. The van der Waals surface area contributed by atoms with Crippen molar-refractivity contribution in [3.63, 3.8) is 0 Å². The maximum atomic E-state index is 11.9. The van der Waals surface area contributed by atoms with Gasteiger partial charge in [-0.1, -0.05) is 35.3 Å². The summed E-state index contributed by atoms with van der Waals surface area (Å²) in [6.45, 7) is 6.30. The molecular formula is C23H31Cl2N5O. The first kappa shape index (κ1) is 22.6. The lowest BCUT2D eigenvalue weighted by Gasteiger charge is -2.51. The van der Waals surface area contributed by atoms with Crippen molar-refractivity contribution in [1.29, 1.82) is 0 Å². The number of halogens is 2. The molecule has 1 aromatic carbocycles. The average molecular weight is 464 g/mol. The monoisotopic (exact) mass is 463 g/mol. The molecule has 2 aromatic rings. The molecule has 4 rings (SSSR count). The van der Waals surface area contributed by atoms with Gasteiger partial charge in [0.05, 0.1) is 27.8 Å². The van der Waals surface area contributed by atoms with Crippen LogP contribution in [0, 0.1) is 5.92 Å². The van der Waals surface area contributed by atoms with Gasteiger partial charge in [0.25, 0.3) is 5.91 Å². The second-order valence-corrected chi connectivity index (χ2v) is 9.56. The third-order valence-electron chi connectivity index (χ3n) is 7.23. The lowest BCUT2D eigenvalue weighted by Crippen LogP contribution is -2.56. The zero-order chi connectivity index (χ0) is 22.0. The van der Waals surface area contributed by atoms with E-state index >= 15 is 0 Å². The van der Waals surface area contributed by atoms with Gasteiger partial charge in [0.2, 0.25) is 0 Å². The lowest BCUT2D eigenvalue weighted by molar-refractivity contribution is 0.00964. The molecule has 1 aliphatic carbocycles. The summed E-state index contributed by atoms with van der Waals surface area (Å²) in [5.74, 6) is 0.369. The van der Waals surface area contributed by atoms with E-state index in [0.717, 1.165) is 57.4 Å². The third kappa shape index (κ3) is 4.36. The Morgan fingerprint density at radius 3 is 2.58 bits per heavy atom. The number of nitrogens with one attached hydrogen (secondary N) is 2. The topological polar surface area (TPSA) is 62.2 Å². The molecule has 168 valence electrons. The molecule has 1 aliphatic heterocycles. The van der Waals surface area contributed by atoms with Gasteiger partial charge >= 0.3 is 0 Å². The summed E-state index contributed by atoms with van der Waals surface area (Å²) in [4.78, 5) is 14.5. The molecule has 0 radical (unpaired) electrons. The normalized spacial score (nSPS) is 24.5. The maximum Gasteiger partial charge on any atom is 0.254 e. The van der Waals surface area contributed by atoms with Crippen molar-refractivity contribution in [3.05, 3.63) is 51.8 Å². The number of amides is 1. The van der Waals surface area contributed by atoms with E-state index in [1.165, 1.54) is 0 Å². The molecule has 6 nitrogen and oxygen atoms in total. The van der Waals surface area contributed by atoms with Crippen LogP contribution in [-0.2, 0) is 5.54 Å². The second-order valence-electron chi connectivity index (χ2n) is 8.78. The third-order valence-corrected chi connectivity index (χ3v) is 8.05. The molecule has 2 fully saturated rings. The van der Waals surface area contributed by atoms with Gasteiger partial charge in [-0.2, -0.15) is 5.10 Å². The molecular weight excluding hydrogens is 433 g/mol. The highest BCUT2D eigenvalue weighted by Gasteiger charge is 2.44. The number of benzene rings is 1. The fourth-order valence-corrected chi connectivity index (χ4v) is 5.87. The largest absolute Gasteiger partial charge is 0.355 e. The van der Waals surface area contributed by atoms with Crippen LogP contribution in [0.5, 0.6) is 0 Å². The van der Waals surface area contributed by atoms with Gasteiger partial charge in [-0.3, -0.25) is 14.4 Å². The van der Waals surface area contributed by atoms with Gasteiger partial charge in [0.15, 0.2) is 0 Å². The number of carbonyl (C=O) groups is 1. The molecule has 1 amide bonds. The summed E-state index contributed by atoms with van der Waals surface area (Å²) < 4.78 is 1.97. The molecule has 0 bridgehead atoms. The molecule has 2 aliphatic rings. The standard InChI is InChI=1S/C23H31Cl2N5O/c1-23(29-12-10-27-11-13-29,19-4-3-5-20(24)21(19)25)17-6-8-18(9-7-17)30-15-16(14-28-30)22(31)26-2/h3-5,14-15,17-18,27H,6-13H2,1-2H3,(H,26,31). The molecule has 1 aromatic heterocycles. The van der Waals surface area contributed by atoms with Crippen LogP contribution in [0.4, 0.5) is 0 Å². The van der Waals surface area contributed by atoms with Crippen molar-refractivity contribution >= 4 is 29.1 Å². The van der Waals surface area contributed by atoms with E-state index < -0.39 is 0 Å².